The van der Waals surface area contributed by atoms with Crippen LogP contribution in [0.15, 0.2) is 24.4 Å². The number of aromatic nitrogens is 4. The molecule has 4 heterocycles. The molecule has 1 aromatic carbocycles. The highest BCUT2D eigenvalue weighted by Gasteiger charge is 2.43. The van der Waals surface area contributed by atoms with E-state index >= 15 is 0 Å². The first-order valence-electron chi connectivity index (χ1n) is 13.4. The van der Waals surface area contributed by atoms with Crippen LogP contribution in [0.1, 0.15) is 45.2 Å². The second kappa shape index (κ2) is 10.3. The van der Waals surface area contributed by atoms with Gasteiger partial charge in [-0.15, -0.1) is 0 Å². The number of piperidine rings is 1. The van der Waals surface area contributed by atoms with E-state index in [9.17, 15) is 9.90 Å². The molecule has 2 aliphatic rings. The van der Waals surface area contributed by atoms with Crippen LogP contribution >= 0.6 is 0 Å². The first-order valence-corrected chi connectivity index (χ1v) is 13.4. The average Bonchev–Trinajstić information content (AvgIpc) is 3.31. The second-order valence-corrected chi connectivity index (χ2v) is 11.6. The van der Waals surface area contributed by atoms with Crippen molar-refractivity contribution in [3.05, 3.63) is 35.5 Å². The van der Waals surface area contributed by atoms with Gasteiger partial charge in [-0.1, -0.05) is 6.92 Å². The van der Waals surface area contributed by atoms with Gasteiger partial charge in [-0.05, 0) is 57.4 Å². The molecule has 1 amide bonds. The third kappa shape index (κ3) is 5.38. The molecule has 2 aliphatic heterocycles. The van der Waals surface area contributed by atoms with Crippen LogP contribution in [0.25, 0.3) is 16.7 Å². The molecule has 3 aromatic rings. The molecular formula is C28H38N6O5. The Morgan fingerprint density at radius 3 is 2.51 bits per heavy atom. The number of ether oxygens (including phenoxy) is 3. The number of β-amino-alcohol motifs (C(OH)–C–C–N with tert-alkyl or cyclic N) is 1. The molecule has 11 nitrogen and oxygen atoms in total. The maximum absolute atomic E-state index is 12.7. The zero-order chi connectivity index (χ0) is 27.9. The Kier molecular flexibility index (Phi) is 7.15. The predicted molar refractivity (Wildman–Crippen MR) is 147 cm³/mol. The van der Waals surface area contributed by atoms with Gasteiger partial charge in [-0.2, -0.15) is 15.1 Å². The van der Waals surface area contributed by atoms with Gasteiger partial charge in [-0.3, -0.25) is 0 Å². The summed E-state index contributed by atoms with van der Waals surface area (Å²) in [4.78, 5) is 25.6. The summed E-state index contributed by atoms with van der Waals surface area (Å²) in [6.45, 7) is 13.1. The lowest BCUT2D eigenvalue weighted by Crippen LogP contribution is -2.54. The van der Waals surface area contributed by atoms with Crippen molar-refractivity contribution < 1.29 is 24.1 Å². The molecule has 0 radical (unpaired) electrons. The number of anilines is 1. The summed E-state index contributed by atoms with van der Waals surface area (Å²) in [6, 6.07) is 6.36. The van der Waals surface area contributed by atoms with Gasteiger partial charge < -0.3 is 29.1 Å². The van der Waals surface area contributed by atoms with E-state index in [0.29, 0.717) is 32.0 Å². The van der Waals surface area contributed by atoms with Crippen molar-refractivity contribution in [2.45, 2.75) is 58.2 Å². The maximum atomic E-state index is 12.7. The Balaban J connectivity index is 1.49. The van der Waals surface area contributed by atoms with E-state index in [1.807, 2.05) is 33.0 Å². The second-order valence-electron chi connectivity index (χ2n) is 11.6. The van der Waals surface area contributed by atoms with Crippen LogP contribution < -0.4 is 9.64 Å². The van der Waals surface area contributed by atoms with Crippen LogP contribution in [-0.2, 0) is 14.9 Å². The number of aryl methyl sites for hydroxylation is 1. The van der Waals surface area contributed by atoms with Crippen LogP contribution in [0.3, 0.4) is 0 Å². The van der Waals surface area contributed by atoms with Gasteiger partial charge in [0.05, 0.1) is 44.7 Å². The quantitative estimate of drug-likeness (QED) is 0.535. The van der Waals surface area contributed by atoms with E-state index < -0.39 is 23.2 Å². The summed E-state index contributed by atoms with van der Waals surface area (Å²) in [5.41, 5.74) is 1.79. The monoisotopic (exact) mass is 538 g/mol. The molecule has 39 heavy (non-hydrogen) atoms. The topological polar surface area (TPSA) is 115 Å². The van der Waals surface area contributed by atoms with Gasteiger partial charge in [0.1, 0.15) is 11.4 Å². The Morgan fingerprint density at radius 2 is 1.85 bits per heavy atom. The van der Waals surface area contributed by atoms with Gasteiger partial charge in [0.25, 0.3) is 0 Å². The van der Waals surface area contributed by atoms with E-state index in [-0.39, 0.29) is 12.6 Å². The number of fused-ring (bicyclic) bond motifs is 1. The normalized spacial score (nSPS) is 22.3. The molecule has 0 bridgehead atoms. The number of rotatable bonds is 4. The Morgan fingerprint density at radius 1 is 1.13 bits per heavy atom. The number of carbonyl (C=O) groups is 1. The molecule has 11 heteroatoms. The number of hydrogen-bond acceptors (Lipinski definition) is 9. The highest BCUT2D eigenvalue weighted by Crippen LogP contribution is 2.39. The zero-order valence-electron chi connectivity index (χ0n) is 23.6. The predicted octanol–water partition coefficient (Wildman–Crippen LogP) is 3.23. The standard InChI is InChI=1S/C28H38N6O5/c1-18-13-19-16-29-34(24-15-23(30-25(31-24)37-6)32-9-11-38-12-10-32)21(19)14-20(18)28(5)7-8-33(17-22(28)35)26(36)39-27(2,3)4/h13-16,22,35H,7-12,17H2,1-6H3. The highest BCUT2D eigenvalue weighted by molar-refractivity contribution is 5.82. The smallest absolute Gasteiger partial charge is 0.410 e. The first kappa shape index (κ1) is 27.1. The number of aliphatic hydroxyl groups is 1. The minimum Gasteiger partial charge on any atom is -0.467 e. The van der Waals surface area contributed by atoms with Crippen molar-refractivity contribution in [3.8, 4) is 11.8 Å². The number of carbonyl (C=O) groups excluding carboxylic acids is 1. The third-order valence-corrected chi connectivity index (χ3v) is 7.62. The molecule has 0 saturated carbocycles. The summed E-state index contributed by atoms with van der Waals surface area (Å²) < 4.78 is 18.3. The lowest BCUT2D eigenvalue weighted by molar-refractivity contribution is -0.0195. The molecule has 2 fully saturated rings. The number of nitrogens with zero attached hydrogens (tertiary/aromatic N) is 6. The third-order valence-electron chi connectivity index (χ3n) is 7.62. The first-order chi connectivity index (χ1) is 18.5. The van der Waals surface area contributed by atoms with Gasteiger partial charge in [0, 0.05) is 36.5 Å². The van der Waals surface area contributed by atoms with Crippen LogP contribution in [0.5, 0.6) is 6.01 Å². The maximum Gasteiger partial charge on any atom is 0.410 e. The van der Waals surface area contributed by atoms with Gasteiger partial charge in [-0.25, -0.2) is 9.48 Å². The molecule has 2 saturated heterocycles. The van der Waals surface area contributed by atoms with Crippen LogP contribution in [0.2, 0.25) is 0 Å². The van der Waals surface area contributed by atoms with Crippen molar-refractivity contribution in [1.82, 2.24) is 24.6 Å². The van der Waals surface area contributed by atoms with Crippen molar-refractivity contribution in [2.75, 3.05) is 51.4 Å². The number of aliphatic hydroxyl groups excluding tert-OH is 1. The number of amides is 1. The molecule has 2 atom stereocenters. The number of benzene rings is 1. The van der Waals surface area contributed by atoms with Crippen molar-refractivity contribution in [2.24, 2.45) is 0 Å². The Labute approximate surface area is 228 Å². The van der Waals surface area contributed by atoms with Crippen LogP contribution in [0.4, 0.5) is 10.6 Å². The van der Waals surface area contributed by atoms with E-state index in [2.05, 4.69) is 45.9 Å². The summed E-state index contributed by atoms with van der Waals surface area (Å²) in [7, 11) is 1.55. The number of morpholine rings is 1. The van der Waals surface area contributed by atoms with Gasteiger partial charge in [0.2, 0.25) is 0 Å². The summed E-state index contributed by atoms with van der Waals surface area (Å²) >= 11 is 0. The molecular weight excluding hydrogens is 500 g/mol. The average molecular weight is 539 g/mol. The number of methoxy groups -OCH3 is 1. The lowest BCUT2D eigenvalue weighted by Gasteiger charge is -2.44. The van der Waals surface area contributed by atoms with Crippen molar-refractivity contribution in [3.63, 3.8) is 0 Å². The summed E-state index contributed by atoms with van der Waals surface area (Å²) in [5, 5.41) is 17.0. The lowest BCUT2D eigenvalue weighted by atomic mass is 9.71. The molecule has 5 rings (SSSR count). The number of likely N-dealkylation sites (tertiary alicyclic amines) is 1. The van der Waals surface area contributed by atoms with E-state index in [0.717, 1.165) is 40.9 Å². The molecule has 2 unspecified atom stereocenters. The fourth-order valence-electron chi connectivity index (χ4n) is 5.38. The zero-order valence-corrected chi connectivity index (χ0v) is 23.6. The van der Waals surface area contributed by atoms with Crippen molar-refractivity contribution in [1.29, 1.82) is 0 Å². The molecule has 1 N–H and O–H groups in total. The largest absolute Gasteiger partial charge is 0.467 e. The molecule has 2 aromatic heterocycles. The number of hydrogen-bond donors (Lipinski definition) is 1. The Bertz CT molecular complexity index is 1360. The summed E-state index contributed by atoms with van der Waals surface area (Å²) in [5.74, 6) is 1.35. The SMILES string of the molecule is COc1nc(N2CCOCC2)cc(-n2ncc3cc(C)c(C4(C)CCN(C(=O)OC(C)(C)C)CC4O)cc32)n1. The minimum absolute atomic E-state index is 0.203. The van der Waals surface area contributed by atoms with Gasteiger partial charge >= 0.3 is 12.1 Å². The van der Waals surface area contributed by atoms with E-state index in [4.69, 9.17) is 14.2 Å². The van der Waals surface area contributed by atoms with Crippen LogP contribution in [0, 0.1) is 6.92 Å². The van der Waals surface area contributed by atoms with Gasteiger partial charge in [0.15, 0.2) is 5.82 Å². The van der Waals surface area contributed by atoms with E-state index in [1.165, 1.54) is 0 Å². The van der Waals surface area contributed by atoms with Crippen molar-refractivity contribution >= 4 is 22.8 Å². The fourth-order valence-corrected chi connectivity index (χ4v) is 5.38. The van der Waals surface area contributed by atoms with Crippen LogP contribution in [-0.4, -0.2) is 94.1 Å². The highest BCUT2D eigenvalue weighted by atomic mass is 16.6. The molecule has 0 spiro atoms. The Hall–Kier alpha value is -3.44. The minimum atomic E-state index is -0.765. The molecule has 210 valence electrons. The fraction of sp³-hybridized carbons (Fsp3) is 0.571. The molecule has 0 aliphatic carbocycles. The summed E-state index contributed by atoms with van der Waals surface area (Å²) in [6.07, 6.45) is 1.25. The van der Waals surface area contributed by atoms with E-state index in [1.54, 1.807) is 16.7 Å².